The summed E-state index contributed by atoms with van der Waals surface area (Å²) >= 11 is 0. The van der Waals surface area contributed by atoms with Gasteiger partial charge < -0.3 is 15.2 Å². The number of esters is 2. The van der Waals surface area contributed by atoms with Crippen LogP contribution in [0.3, 0.4) is 0 Å². The largest absolute Gasteiger partial charge is 0.497 e. The molecule has 0 aliphatic heterocycles. The van der Waals surface area contributed by atoms with Gasteiger partial charge >= 0.3 is 11.9 Å². The lowest BCUT2D eigenvalue weighted by Crippen LogP contribution is -2.35. The molecule has 18 heavy (non-hydrogen) atoms. The van der Waals surface area contributed by atoms with E-state index in [1.807, 2.05) is 0 Å². The summed E-state index contributed by atoms with van der Waals surface area (Å²) in [4.78, 5) is 22.2. The molecule has 5 nitrogen and oxygen atoms in total. The Kier molecular flexibility index (Phi) is 5.07. The quantitative estimate of drug-likeness (QED) is 0.475. The molecule has 0 amide bonds. The van der Waals surface area contributed by atoms with Crippen molar-refractivity contribution < 1.29 is 19.1 Å². The van der Waals surface area contributed by atoms with Crippen molar-refractivity contribution in [3.05, 3.63) is 42.5 Å². The number of hydrogen-bond acceptors (Lipinski definition) is 5. The van der Waals surface area contributed by atoms with Crippen LogP contribution < -0.4 is 10.5 Å². The highest BCUT2D eigenvalue weighted by Gasteiger charge is 2.17. The van der Waals surface area contributed by atoms with Gasteiger partial charge in [0.2, 0.25) is 0 Å². The van der Waals surface area contributed by atoms with Gasteiger partial charge in [-0.25, -0.2) is 9.59 Å². The molecule has 5 heteroatoms. The molecule has 0 heterocycles. The molecule has 1 atom stereocenters. The van der Waals surface area contributed by atoms with E-state index in [1.54, 1.807) is 31.4 Å². The molecule has 0 saturated carbocycles. The molecule has 1 rings (SSSR count). The van der Waals surface area contributed by atoms with E-state index in [2.05, 4.69) is 11.3 Å². The first-order chi connectivity index (χ1) is 8.56. The van der Waals surface area contributed by atoms with Gasteiger partial charge in [0.1, 0.15) is 11.8 Å². The average Bonchev–Trinajstić information content (AvgIpc) is 2.39. The van der Waals surface area contributed by atoms with E-state index in [0.29, 0.717) is 0 Å². The maximum Gasteiger partial charge on any atom is 0.337 e. The van der Waals surface area contributed by atoms with Crippen LogP contribution >= 0.6 is 0 Å². The number of hydrogen-bond donors (Lipinski definition) is 1. The topological polar surface area (TPSA) is 78.6 Å². The summed E-state index contributed by atoms with van der Waals surface area (Å²) in [5, 5.41) is 0. The summed E-state index contributed by atoms with van der Waals surface area (Å²) in [7, 11) is 1.57. The van der Waals surface area contributed by atoms with Gasteiger partial charge in [-0.1, -0.05) is 18.7 Å². The van der Waals surface area contributed by atoms with Crippen molar-refractivity contribution in [1.29, 1.82) is 0 Å². The van der Waals surface area contributed by atoms with Crippen molar-refractivity contribution in [2.75, 3.05) is 7.11 Å². The summed E-state index contributed by atoms with van der Waals surface area (Å²) in [6.45, 7) is 3.19. The van der Waals surface area contributed by atoms with E-state index in [0.717, 1.165) is 17.4 Å². The maximum absolute atomic E-state index is 11.4. The molecule has 0 unspecified atom stereocenters. The SMILES string of the molecule is C=CC(=O)OC(=O)[C@@H](N)Cc1ccc(OC)cc1. The van der Waals surface area contributed by atoms with Crippen LogP contribution in [0.1, 0.15) is 5.56 Å². The molecule has 0 radical (unpaired) electrons. The Morgan fingerprint density at radius 3 is 2.50 bits per heavy atom. The van der Waals surface area contributed by atoms with Crippen LogP contribution in [0.5, 0.6) is 5.75 Å². The molecule has 1 aromatic carbocycles. The first kappa shape index (κ1) is 13.9. The monoisotopic (exact) mass is 249 g/mol. The normalized spacial score (nSPS) is 11.4. The fourth-order valence-electron chi connectivity index (χ4n) is 1.32. The molecule has 1 aromatic rings. The first-order valence-electron chi connectivity index (χ1n) is 5.33. The Bertz CT molecular complexity index is 439. The van der Waals surface area contributed by atoms with Gasteiger partial charge in [0.25, 0.3) is 0 Å². The molecule has 96 valence electrons. The summed E-state index contributed by atoms with van der Waals surface area (Å²) in [6, 6.07) is 6.23. The number of carbonyl (C=O) groups excluding carboxylic acids is 2. The van der Waals surface area contributed by atoms with Crippen LogP contribution in [0.2, 0.25) is 0 Å². The van der Waals surface area contributed by atoms with Gasteiger partial charge in [-0.3, -0.25) is 0 Å². The second-order valence-corrected chi connectivity index (χ2v) is 3.60. The van der Waals surface area contributed by atoms with E-state index in [4.69, 9.17) is 10.5 Å². The van der Waals surface area contributed by atoms with E-state index in [1.165, 1.54) is 0 Å². The minimum atomic E-state index is -0.887. The predicted molar refractivity (Wildman–Crippen MR) is 66.0 cm³/mol. The average molecular weight is 249 g/mol. The number of ether oxygens (including phenoxy) is 2. The van der Waals surface area contributed by atoms with Crippen molar-refractivity contribution >= 4 is 11.9 Å². The van der Waals surface area contributed by atoms with E-state index in [9.17, 15) is 9.59 Å². The van der Waals surface area contributed by atoms with Crippen LogP contribution in [-0.2, 0) is 20.7 Å². The molecular weight excluding hydrogens is 234 g/mol. The molecule has 0 aliphatic rings. The zero-order chi connectivity index (χ0) is 13.5. The van der Waals surface area contributed by atoms with Crippen molar-refractivity contribution in [3.63, 3.8) is 0 Å². The molecule has 0 fully saturated rings. The highest BCUT2D eigenvalue weighted by atomic mass is 16.6. The van der Waals surface area contributed by atoms with Gasteiger partial charge in [0.15, 0.2) is 0 Å². The van der Waals surface area contributed by atoms with Crippen LogP contribution in [0.25, 0.3) is 0 Å². The van der Waals surface area contributed by atoms with Crippen LogP contribution in [0.15, 0.2) is 36.9 Å². The lowest BCUT2D eigenvalue weighted by molar-refractivity contribution is -0.157. The lowest BCUT2D eigenvalue weighted by Gasteiger charge is -2.09. The van der Waals surface area contributed by atoms with Gasteiger partial charge in [0, 0.05) is 6.08 Å². The molecule has 0 saturated heterocycles. The molecule has 0 aromatic heterocycles. The Hall–Kier alpha value is -2.14. The Balaban J connectivity index is 2.57. The maximum atomic E-state index is 11.4. The highest BCUT2D eigenvalue weighted by molar-refractivity contribution is 5.93. The number of rotatable bonds is 5. The zero-order valence-corrected chi connectivity index (χ0v) is 10.1. The predicted octanol–water partition coefficient (Wildman–Crippen LogP) is 0.821. The number of benzene rings is 1. The third kappa shape index (κ3) is 4.03. The van der Waals surface area contributed by atoms with Gasteiger partial charge in [-0.05, 0) is 24.1 Å². The minimum absolute atomic E-state index is 0.285. The standard InChI is InChI=1S/C13H15NO4/c1-3-12(15)18-13(16)11(14)8-9-4-6-10(17-2)7-5-9/h3-7,11H,1,8,14H2,2H3/t11-/m0/s1. The van der Waals surface area contributed by atoms with Crippen molar-refractivity contribution in [1.82, 2.24) is 0 Å². The second kappa shape index (κ2) is 6.56. The molecule has 2 N–H and O–H groups in total. The fraction of sp³-hybridized carbons (Fsp3) is 0.231. The zero-order valence-electron chi connectivity index (χ0n) is 10.1. The second-order valence-electron chi connectivity index (χ2n) is 3.60. The summed E-state index contributed by atoms with van der Waals surface area (Å²) in [5.74, 6) is -0.849. The van der Waals surface area contributed by atoms with Crippen LogP contribution in [-0.4, -0.2) is 25.1 Å². The Labute approximate surface area is 105 Å². The third-order valence-corrected chi connectivity index (χ3v) is 2.29. The van der Waals surface area contributed by atoms with Crippen molar-refractivity contribution in [2.45, 2.75) is 12.5 Å². The molecule has 0 spiro atoms. The number of methoxy groups -OCH3 is 1. The first-order valence-corrected chi connectivity index (χ1v) is 5.33. The van der Waals surface area contributed by atoms with Gasteiger partial charge in [-0.2, -0.15) is 0 Å². The minimum Gasteiger partial charge on any atom is -0.497 e. The van der Waals surface area contributed by atoms with Gasteiger partial charge in [0.05, 0.1) is 7.11 Å². The highest BCUT2D eigenvalue weighted by Crippen LogP contribution is 2.12. The van der Waals surface area contributed by atoms with Crippen LogP contribution in [0.4, 0.5) is 0 Å². The van der Waals surface area contributed by atoms with Crippen molar-refractivity contribution in [3.8, 4) is 5.75 Å². The lowest BCUT2D eigenvalue weighted by atomic mass is 10.1. The third-order valence-electron chi connectivity index (χ3n) is 2.29. The summed E-state index contributed by atoms with van der Waals surface area (Å²) < 4.78 is 9.44. The molecule has 0 bridgehead atoms. The number of carbonyl (C=O) groups is 2. The fourth-order valence-corrected chi connectivity index (χ4v) is 1.32. The van der Waals surface area contributed by atoms with Gasteiger partial charge in [-0.15, -0.1) is 0 Å². The van der Waals surface area contributed by atoms with Crippen molar-refractivity contribution in [2.24, 2.45) is 5.73 Å². The number of nitrogens with two attached hydrogens (primary N) is 1. The smallest absolute Gasteiger partial charge is 0.337 e. The van der Waals surface area contributed by atoms with E-state index < -0.39 is 18.0 Å². The Morgan fingerprint density at radius 1 is 1.39 bits per heavy atom. The Morgan fingerprint density at radius 2 is 2.00 bits per heavy atom. The van der Waals surface area contributed by atoms with E-state index >= 15 is 0 Å². The van der Waals surface area contributed by atoms with E-state index in [-0.39, 0.29) is 6.42 Å². The summed E-state index contributed by atoms with van der Waals surface area (Å²) in [6.07, 6.45) is 1.20. The molecule has 0 aliphatic carbocycles. The van der Waals surface area contributed by atoms with Crippen LogP contribution in [0, 0.1) is 0 Å². The summed E-state index contributed by atoms with van der Waals surface area (Å²) in [5.41, 5.74) is 6.48. The molecular formula is C13H15NO4.